The fraction of sp³-hybridized carbons (Fsp3) is 0.462. The largest absolute Gasteiger partial charge is 0.481 e. The van der Waals surface area contributed by atoms with Crippen molar-refractivity contribution in [3.63, 3.8) is 0 Å². The van der Waals surface area contributed by atoms with E-state index in [2.05, 4.69) is 5.32 Å². The number of hydrogen-bond donors (Lipinski definition) is 2. The molecule has 17 heavy (non-hydrogen) atoms. The van der Waals surface area contributed by atoms with Crippen molar-refractivity contribution in [2.45, 2.75) is 31.2 Å². The van der Waals surface area contributed by atoms with Crippen LogP contribution in [-0.4, -0.2) is 23.7 Å². The molecule has 2 rings (SSSR count). The fourth-order valence-corrected chi connectivity index (χ4v) is 2.37. The van der Waals surface area contributed by atoms with Crippen molar-refractivity contribution in [2.75, 3.05) is 6.54 Å². The van der Waals surface area contributed by atoms with Crippen LogP contribution in [0, 0.1) is 0 Å². The molecule has 0 spiro atoms. The second-order valence-electron chi connectivity index (χ2n) is 4.28. The van der Waals surface area contributed by atoms with Crippen molar-refractivity contribution in [2.24, 2.45) is 0 Å². The average Bonchev–Trinajstić information content (AvgIpc) is 2.31. The molecule has 1 fully saturated rings. The van der Waals surface area contributed by atoms with Crippen LogP contribution in [0.25, 0.3) is 0 Å². The van der Waals surface area contributed by atoms with E-state index in [4.69, 9.17) is 0 Å². The molecule has 2 N–H and O–H groups in total. The summed E-state index contributed by atoms with van der Waals surface area (Å²) in [6.07, 6.45) is 3.22. The first-order chi connectivity index (χ1) is 7.79. The van der Waals surface area contributed by atoms with Gasteiger partial charge in [0.25, 0.3) is 0 Å². The molecule has 1 aliphatic rings. The predicted molar refractivity (Wildman–Crippen MR) is 69.7 cm³/mol. The summed E-state index contributed by atoms with van der Waals surface area (Å²) in [4.78, 5) is 11.4. The summed E-state index contributed by atoms with van der Waals surface area (Å²) in [6, 6.07) is 9.58. The second-order valence-corrected chi connectivity index (χ2v) is 4.28. The highest BCUT2D eigenvalue weighted by Gasteiger charge is 2.30. The molecule has 0 saturated carbocycles. The minimum absolute atomic E-state index is 0. The third-order valence-corrected chi connectivity index (χ3v) is 3.18. The van der Waals surface area contributed by atoms with Gasteiger partial charge in [-0.3, -0.25) is 4.79 Å². The van der Waals surface area contributed by atoms with Gasteiger partial charge in [0.2, 0.25) is 0 Å². The molecule has 0 amide bonds. The summed E-state index contributed by atoms with van der Waals surface area (Å²) < 4.78 is 0. The van der Waals surface area contributed by atoms with Gasteiger partial charge in [-0.05, 0) is 24.9 Å². The van der Waals surface area contributed by atoms with Gasteiger partial charge in [-0.2, -0.15) is 0 Å². The first-order valence-electron chi connectivity index (χ1n) is 5.80. The van der Waals surface area contributed by atoms with Gasteiger partial charge in [0.15, 0.2) is 0 Å². The maximum Gasteiger partial charge on any atom is 0.312 e. The third-order valence-electron chi connectivity index (χ3n) is 3.18. The van der Waals surface area contributed by atoms with Crippen LogP contribution < -0.4 is 5.32 Å². The van der Waals surface area contributed by atoms with Gasteiger partial charge in [-0.1, -0.05) is 36.8 Å². The molecule has 1 aromatic rings. The van der Waals surface area contributed by atoms with E-state index in [9.17, 15) is 9.90 Å². The highest BCUT2D eigenvalue weighted by atomic mass is 35.5. The number of carboxylic acids is 1. The molecule has 0 radical (unpaired) electrons. The Kier molecular flexibility index (Phi) is 5.45. The number of rotatable bonds is 3. The van der Waals surface area contributed by atoms with Crippen LogP contribution in [0.1, 0.15) is 30.7 Å². The number of benzene rings is 1. The number of hydrogen-bond acceptors (Lipinski definition) is 2. The molecule has 0 bridgehead atoms. The number of aliphatic carboxylic acids is 1. The first kappa shape index (κ1) is 14.0. The topological polar surface area (TPSA) is 49.3 Å². The minimum Gasteiger partial charge on any atom is -0.481 e. The lowest BCUT2D eigenvalue weighted by atomic mass is 9.86. The van der Waals surface area contributed by atoms with Crippen LogP contribution in [0.5, 0.6) is 0 Å². The Labute approximate surface area is 108 Å². The Morgan fingerprint density at radius 2 is 2.00 bits per heavy atom. The number of carboxylic acid groups (broad SMARTS) is 1. The van der Waals surface area contributed by atoms with E-state index in [1.54, 1.807) is 0 Å². The van der Waals surface area contributed by atoms with Crippen molar-refractivity contribution in [3.8, 4) is 0 Å². The molecular weight excluding hydrogens is 238 g/mol. The standard InChI is InChI=1S/C13H17NO2.ClH/c15-13(16)12(10-6-2-1-3-7-10)11-8-4-5-9-14-11;/h1-3,6-7,11-12,14H,4-5,8-9H2,(H,15,16);1H/t11-,12-;/m1./s1. The van der Waals surface area contributed by atoms with Crippen LogP contribution in [0.2, 0.25) is 0 Å². The van der Waals surface area contributed by atoms with Crippen molar-refractivity contribution in [1.29, 1.82) is 0 Å². The Hall–Kier alpha value is -1.06. The third kappa shape index (κ3) is 3.45. The minimum atomic E-state index is -0.731. The molecular formula is C13H18ClNO2. The van der Waals surface area contributed by atoms with E-state index in [1.165, 1.54) is 0 Å². The van der Waals surface area contributed by atoms with E-state index >= 15 is 0 Å². The molecule has 0 aromatic heterocycles. The summed E-state index contributed by atoms with van der Waals surface area (Å²) in [5, 5.41) is 12.7. The molecule has 3 nitrogen and oxygen atoms in total. The Morgan fingerprint density at radius 1 is 1.29 bits per heavy atom. The molecule has 2 atom stereocenters. The lowest BCUT2D eigenvalue weighted by Gasteiger charge is -2.29. The number of carbonyl (C=O) groups is 1. The van der Waals surface area contributed by atoms with Gasteiger partial charge in [0, 0.05) is 6.04 Å². The van der Waals surface area contributed by atoms with E-state index in [0.29, 0.717) is 0 Å². The molecule has 94 valence electrons. The smallest absolute Gasteiger partial charge is 0.312 e. The molecule has 1 aliphatic heterocycles. The maximum absolute atomic E-state index is 11.4. The van der Waals surface area contributed by atoms with E-state index in [-0.39, 0.29) is 18.4 Å². The molecule has 4 heteroatoms. The molecule has 1 aromatic carbocycles. The van der Waals surface area contributed by atoms with Crippen LogP contribution in [-0.2, 0) is 4.79 Å². The van der Waals surface area contributed by atoms with E-state index in [1.807, 2.05) is 30.3 Å². The zero-order valence-electron chi connectivity index (χ0n) is 9.63. The van der Waals surface area contributed by atoms with Crippen LogP contribution in [0.4, 0.5) is 0 Å². The zero-order chi connectivity index (χ0) is 11.4. The fourth-order valence-electron chi connectivity index (χ4n) is 2.37. The van der Waals surface area contributed by atoms with Gasteiger partial charge in [-0.15, -0.1) is 12.4 Å². The lowest BCUT2D eigenvalue weighted by molar-refractivity contribution is -0.139. The van der Waals surface area contributed by atoms with Gasteiger partial charge in [-0.25, -0.2) is 0 Å². The van der Waals surface area contributed by atoms with Crippen LogP contribution in [0.3, 0.4) is 0 Å². The molecule has 1 saturated heterocycles. The van der Waals surface area contributed by atoms with Crippen molar-refractivity contribution in [1.82, 2.24) is 5.32 Å². The Balaban J connectivity index is 0.00000144. The summed E-state index contributed by atoms with van der Waals surface area (Å²) in [5.41, 5.74) is 0.898. The quantitative estimate of drug-likeness (QED) is 0.872. The summed E-state index contributed by atoms with van der Waals surface area (Å²) in [7, 11) is 0. The van der Waals surface area contributed by atoms with E-state index in [0.717, 1.165) is 31.4 Å². The number of piperidine rings is 1. The summed E-state index contributed by atoms with van der Waals surface area (Å²) in [5.74, 6) is -1.15. The maximum atomic E-state index is 11.4. The molecule has 1 heterocycles. The summed E-state index contributed by atoms with van der Waals surface area (Å²) in [6.45, 7) is 0.932. The average molecular weight is 256 g/mol. The van der Waals surface area contributed by atoms with Crippen LogP contribution in [0.15, 0.2) is 30.3 Å². The highest BCUT2D eigenvalue weighted by Crippen LogP contribution is 2.25. The highest BCUT2D eigenvalue weighted by molar-refractivity contribution is 5.85. The van der Waals surface area contributed by atoms with Crippen LogP contribution >= 0.6 is 12.4 Å². The Morgan fingerprint density at radius 3 is 2.53 bits per heavy atom. The molecule has 0 aliphatic carbocycles. The summed E-state index contributed by atoms with van der Waals surface area (Å²) >= 11 is 0. The monoisotopic (exact) mass is 255 g/mol. The molecule has 0 unspecified atom stereocenters. The Bertz CT molecular complexity index is 350. The number of nitrogens with one attached hydrogen (secondary N) is 1. The van der Waals surface area contributed by atoms with Gasteiger partial charge in [0.05, 0.1) is 5.92 Å². The van der Waals surface area contributed by atoms with Gasteiger partial charge in [0.1, 0.15) is 0 Å². The zero-order valence-corrected chi connectivity index (χ0v) is 10.5. The van der Waals surface area contributed by atoms with Crippen molar-refractivity contribution in [3.05, 3.63) is 35.9 Å². The van der Waals surface area contributed by atoms with Gasteiger partial charge >= 0.3 is 5.97 Å². The number of halogens is 1. The predicted octanol–water partition coefficient (Wildman–Crippen LogP) is 2.42. The first-order valence-corrected chi connectivity index (χ1v) is 5.80. The van der Waals surface area contributed by atoms with Gasteiger partial charge < -0.3 is 10.4 Å². The van der Waals surface area contributed by atoms with Crippen molar-refractivity contribution < 1.29 is 9.90 Å². The lowest BCUT2D eigenvalue weighted by Crippen LogP contribution is -2.41. The SMILES string of the molecule is Cl.O=C(O)[C@H](c1ccccc1)[C@H]1CCCCN1. The van der Waals surface area contributed by atoms with E-state index < -0.39 is 11.9 Å². The second kappa shape index (κ2) is 6.62. The normalized spacial score (nSPS) is 21.3. The van der Waals surface area contributed by atoms with Crippen molar-refractivity contribution >= 4 is 18.4 Å².